The van der Waals surface area contributed by atoms with E-state index in [1.165, 1.54) is 24.3 Å². The Bertz CT molecular complexity index is 716. The van der Waals surface area contributed by atoms with Crippen LogP contribution in [0.4, 0.5) is 11.6 Å². The summed E-state index contributed by atoms with van der Waals surface area (Å²) in [4.78, 5) is 21.7. The fourth-order valence-electron chi connectivity index (χ4n) is 1.73. The number of nitrogens with zero attached hydrogens (tertiary/aromatic N) is 1. The molecule has 0 bridgehead atoms. The third-order valence-corrected chi connectivity index (χ3v) is 2.84. The molecule has 1 amide bonds. The van der Waals surface area contributed by atoms with Crippen molar-refractivity contribution in [1.29, 1.82) is 0 Å². The van der Waals surface area contributed by atoms with Gasteiger partial charge >= 0.3 is 5.88 Å². The van der Waals surface area contributed by atoms with Gasteiger partial charge in [-0.1, -0.05) is 12.1 Å². The fraction of sp³-hybridized carbons (Fsp3) is 0.133. The van der Waals surface area contributed by atoms with Gasteiger partial charge in [-0.2, -0.15) is 0 Å². The lowest BCUT2D eigenvalue weighted by molar-refractivity contribution is -0.402. The number of aryl methyl sites for hydroxylation is 2. The van der Waals surface area contributed by atoms with Crippen molar-refractivity contribution in [2.24, 2.45) is 0 Å². The normalized spacial score (nSPS) is 10.8. The molecule has 1 aromatic carbocycles. The molecule has 21 heavy (non-hydrogen) atoms. The summed E-state index contributed by atoms with van der Waals surface area (Å²) in [6, 6.07) is 8.42. The van der Waals surface area contributed by atoms with Crippen LogP contribution in [-0.2, 0) is 4.79 Å². The Morgan fingerprint density at radius 3 is 2.71 bits per heavy atom. The largest absolute Gasteiger partial charge is 0.433 e. The maximum absolute atomic E-state index is 11.8. The minimum absolute atomic E-state index is 0.248. The highest BCUT2D eigenvalue weighted by atomic mass is 16.6. The van der Waals surface area contributed by atoms with E-state index in [1.54, 1.807) is 0 Å². The fourth-order valence-corrected chi connectivity index (χ4v) is 1.73. The summed E-state index contributed by atoms with van der Waals surface area (Å²) >= 11 is 0. The van der Waals surface area contributed by atoms with E-state index in [-0.39, 0.29) is 17.6 Å². The Morgan fingerprint density at radius 1 is 1.29 bits per heavy atom. The minimum atomic E-state index is -0.631. The number of hydrogen-bond acceptors (Lipinski definition) is 4. The Balaban J connectivity index is 2.05. The van der Waals surface area contributed by atoms with Crippen molar-refractivity contribution in [3.63, 3.8) is 0 Å². The van der Waals surface area contributed by atoms with Crippen molar-refractivity contribution in [2.75, 3.05) is 5.32 Å². The van der Waals surface area contributed by atoms with Gasteiger partial charge in [-0.3, -0.25) is 14.9 Å². The van der Waals surface area contributed by atoms with Crippen LogP contribution in [0.2, 0.25) is 0 Å². The van der Waals surface area contributed by atoms with Crippen LogP contribution in [0.25, 0.3) is 6.08 Å². The number of nitro groups is 1. The number of benzene rings is 1. The molecule has 0 radical (unpaired) electrons. The monoisotopic (exact) mass is 286 g/mol. The van der Waals surface area contributed by atoms with Crippen molar-refractivity contribution in [2.45, 2.75) is 13.8 Å². The van der Waals surface area contributed by atoms with Gasteiger partial charge < -0.3 is 9.73 Å². The molecule has 0 aliphatic carbocycles. The number of nitrogens with one attached hydrogen (secondary N) is 1. The first-order valence-corrected chi connectivity index (χ1v) is 6.26. The summed E-state index contributed by atoms with van der Waals surface area (Å²) in [5.74, 6) is -0.440. The summed E-state index contributed by atoms with van der Waals surface area (Å²) in [7, 11) is 0. The molecule has 1 N–H and O–H groups in total. The van der Waals surface area contributed by atoms with Crippen LogP contribution in [0.15, 0.2) is 40.8 Å². The van der Waals surface area contributed by atoms with Crippen LogP contribution < -0.4 is 5.32 Å². The van der Waals surface area contributed by atoms with Gasteiger partial charge in [0.25, 0.3) is 0 Å². The Labute approximate surface area is 121 Å². The molecule has 1 aromatic heterocycles. The van der Waals surface area contributed by atoms with Crippen molar-refractivity contribution >= 4 is 23.6 Å². The second-order valence-corrected chi connectivity index (χ2v) is 4.57. The van der Waals surface area contributed by atoms with Crippen molar-refractivity contribution in [1.82, 2.24) is 0 Å². The van der Waals surface area contributed by atoms with E-state index in [0.717, 1.165) is 16.8 Å². The number of furan rings is 1. The Kier molecular flexibility index (Phi) is 4.18. The molecule has 0 saturated carbocycles. The van der Waals surface area contributed by atoms with E-state index in [0.29, 0.717) is 0 Å². The lowest BCUT2D eigenvalue weighted by Crippen LogP contribution is -2.09. The van der Waals surface area contributed by atoms with Gasteiger partial charge in [-0.25, -0.2) is 0 Å². The van der Waals surface area contributed by atoms with Gasteiger partial charge in [0.05, 0.1) is 6.07 Å². The molecule has 2 aromatic rings. The Hall–Kier alpha value is -2.89. The summed E-state index contributed by atoms with van der Waals surface area (Å²) in [6.07, 6.45) is 2.65. The number of hydrogen-bond donors (Lipinski definition) is 1. The highest BCUT2D eigenvalue weighted by molar-refractivity contribution is 6.02. The van der Waals surface area contributed by atoms with E-state index >= 15 is 0 Å². The first kappa shape index (κ1) is 14.5. The zero-order chi connectivity index (χ0) is 15.4. The molecule has 6 nitrogen and oxygen atoms in total. The summed E-state index contributed by atoms with van der Waals surface area (Å²) < 4.78 is 4.92. The maximum atomic E-state index is 11.8. The van der Waals surface area contributed by atoms with Crippen LogP contribution >= 0.6 is 0 Å². The molecule has 0 atom stereocenters. The quantitative estimate of drug-likeness (QED) is 0.530. The van der Waals surface area contributed by atoms with Gasteiger partial charge in [-0.15, -0.1) is 0 Å². The second kappa shape index (κ2) is 6.04. The van der Waals surface area contributed by atoms with E-state index in [4.69, 9.17) is 4.42 Å². The van der Waals surface area contributed by atoms with E-state index in [9.17, 15) is 14.9 Å². The smallest absolute Gasteiger partial charge is 0.401 e. The first-order valence-electron chi connectivity index (χ1n) is 6.26. The van der Waals surface area contributed by atoms with Crippen LogP contribution in [0.3, 0.4) is 0 Å². The molecule has 0 fully saturated rings. The number of carbonyl (C=O) groups excluding carboxylic acids is 1. The Morgan fingerprint density at radius 2 is 2.05 bits per heavy atom. The maximum Gasteiger partial charge on any atom is 0.433 e. The number of anilines is 1. The number of rotatable bonds is 4. The molecule has 108 valence electrons. The van der Waals surface area contributed by atoms with Gasteiger partial charge in [0.1, 0.15) is 10.7 Å². The SMILES string of the molecule is Cc1ccc(C)c(NC(=O)/C=C/c2ccc([N+](=O)[O-])o2)c1. The first-order chi connectivity index (χ1) is 9.95. The molecule has 0 saturated heterocycles. The van der Waals surface area contributed by atoms with Crippen LogP contribution in [0, 0.1) is 24.0 Å². The molecule has 0 aliphatic heterocycles. The molecular weight excluding hydrogens is 272 g/mol. The van der Waals surface area contributed by atoms with Gasteiger partial charge in [0.2, 0.25) is 5.91 Å². The van der Waals surface area contributed by atoms with E-state index < -0.39 is 4.92 Å². The molecule has 6 heteroatoms. The molecule has 0 unspecified atom stereocenters. The van der Waals surface area contributed by atoms with Crippen molar-refractivity contribution in [3.8, 4) is 0 Å². The molecule has 1 heterocycles. The van der Waals surface area contributed by atoms with Gasteiger partial charge in [0, 0.05) is 11.8 Å². The van der Waals surface area contributed by atoms with Crippen LogP contribution in [0.5, 0.6) is 0 Å². The van der Waals surface area contributed by atoms with Gasteiger partial charge in [0.15, 0.2) is 0 Å². The second-order valence-electron chi connectivity index (χ2n) is 4.57. The van der Waals surface area contributed by atoms with Crippen LogP contribution in [0.1, 0.15) is 16.9 Å². The predicted molar refractivity (Wildman–Crippen MR) is 78.9 cm³/mol. The summed E-state index contributed by atoms with van der Waals surface area (Å²) in [5, 5.41) is 13.2. The lowest BCUT2D eigenvalue weighted by atomic mass is 10.1. The average Bonchev–Trinajstić information content (AvgIpc) is 2.90. The van der Waals surface area contributed by atoms with Crippen molar-refractivity contribution < 1.29 is 14.1 Å². The van der Waals surface area contributed by atoms with Crippen molar-refractivity contribution in [3.05, 3.63) is 63.4 Å². The van der Waals surface area contributed by atoms with Crippen LogP contribution in [-0.4, -0.2) is 10.8 Å². The molecular formula is C15H14N2O4. The van der Waals surface area contributed by atoms with E-state index in [1.807, 2.05) is 32.0 Å². The summed E-state index contributed by atoms with van der Waals surface area (Å²) in [5.41, 5.74) is 2.73. The summed E-state index contributed by atoms with van der Waals surface area (Å²) in [6.45, 7) is 3.83. The highest BCUT2D eigenvalue weighted by Gasteiger charge is 2.10. The third kappa shape index (κ3) is 3.79. The number of amides is 1. The molecule has 2 rings (SSSR count). The lowest BCUT2D eigenvalue weighted by Gasteiger charge is -2.07. The van der Waals surface area contributed by atoms with Gasteiger partial charge in [-0.05, 0) is 43.2 Å². The molecule has 0 aliphatic rings. The van der Waals surface area contributed by atoms with E-state index in [2.05, 4.69) is 5.32 Å². The molecule has 0 spiro atoms. The zero-order valence-electron chi connectivity index (χ0n) is 11.6. The number of carbonyl (C=O) groups is 1. The minimum Gasteiger partial charge on any atom is -0.401 e. The highest BCUT2D eigenvalue weighted by Crippen LogP contribution is 2.18. The topological polar surface area (TPSA) is 85.4 Å². The predicted octanol–water partition coefficient (Wildman–Crippen LogP) is 3.46. The zero-order valence-corrected chi connectivity index (χ0v) is 11.6. The average molecular weight is 286 g/mol. The third-order valence-electron chi connectivity index (χ3n) is 2.84. The standard InChI is InChI=1S/C15H14N2O4/c1-10-3-4-11(2)13(9-10)16-14(18)7-5-12-6-8-15(21-12)17(19)20/h3-9H,1-2H3,(H,16,18)/b7-5+.